The summed E-state index contributed by atoms with van der Waals surface area (Å²) in [4.78, 5) is 0. The fourth-order valence-corrected chi connectivity index (χ4v) is 3.28. The molecule has 2 aromatic carbocycles. The highest BCUT2D eigenvalue weighted by Crippen LogP contribution is 2.25. The third kappa shape index (κ3) is 3.54. The van der Waals surface area contributed by atoms with Gasteiger partial charge in [-0.1, -0.05) is 48.0 Å². The van der Waals surface area contributed by atoms with E-state index in [1.54, 1.807) is 11.1 Å². The van der Waals surface area contributed by atoms with Gasteiger partial charge in [0.1, 0.15) is 0 Å². The van der Waals surface area contributed by atoms with Gasteiger partial charge in [0.2, 0.25) is 0 Å². The van der Waals surface area contributed by atoms with Crippen LogP contribution in [0.5, 0.6) is 0 Å². The molecule has 110 valence electrons. The molecule has 1 heteroatoms. The van der Waals surface area contributed by atoms with E-state index in [9.17, 15) is 0 Å². The molecule has 1 aliphatic carbocycles. The summed E-state index contributed by atoms with van der Waals surface area (Å²) in [6.45, 7) is 5.46. The SMILES string of the molecule is Cc1cccc(CCNC(C)c2ccc3c(c2)CCC3)c1. The van der Waals surface area contributed by atoms with E-state index in [1.165, 1.54) is 36.0 Å². The lowest BCUT2D eigenvalue weighted by Gasteiger charge is -2.15. The lowest BCUT2D eigenvalue weighted by Crippen LogP contribution is -2.21. The first-order chi connectivity index (χ1) is 10.2. The van der Waals surface area contributed by atoms with Crippen LogP contribution < -0.4 is 5.32 Å². The Balaban J connectivity index is 1.55. The van der Waals surface area contributed by atoms with Gasteiger partial charge in [0.05, 0.1) is 0 Å². The van der Waals surface area contributed by atoms with Gasteiger partial charge in [-0.3, -0.25) is 0 Å². The third-order valence-corrected chi connectivity index (χ3v) is 4.57. The van der Waals surface area contributed by atoms with Crippen LogP contribution in [0.3, 0.4) is 0 Å². The fourth-order valence-electron chi connectivity index (χ4n) is 3.28. The Morgan fingerprint density at radius 2 is 1.90 bits per heavy atom. The molecule has 0 amide bonds. The smallest absolute Gasteiger partial charge is 0.0292 e. The Hall–Kier alpha value is -1.60. The molecule has 0 aliphatic heterocycles. The number of fused-ring (bicyclic) bond motifs is 1. The lowest BCUT2D eigenvalue weighted by atomic mass is 10.0. The second-order valence-corrected chi connectivity index (χ2v) is 6.30. The van der Waals surface area contributed by atoms with Crippen LogP contribution >= 0.6 is 0 Å². The zero-order valence-electron chi connectivity index (χ0n) is 13.2. The van der Waals surface area contributed by atoms with Gasteiger partial charge in [0, 0.05) is 6.04 Å². The van der Waals surface area contributed by atoms with Gasteiger partial charge in [0.25, 0.3) is 0 Å². The molecule has 1 N–H and O–H groups in total. The first-order valence-corrected chi connectivity index (χ1v) is 8.13. The average Bonchev–Trinajstić information content (AvgIpc) is 2.94. The van der Waals surface area contributed by atoms with E-state index in [4.69, 9.17) is 0 Å². The summed E-state index contributed by atoms with van der Waals surface area (Å²) in [7, 11) is 0. The maximum Gasteiger partial charge on any atom is 0.0292 e. The van der Waals surface area contributed by atoms with Crippen LogP contribution in [0.1, 0.15) is 47.2 Å². The van der Waals surface area contributed by atoms with E-state index in [1.807, 2.05) is 0 Å². The fraction of sp³-hybridized carbons (Fsp3) is 0.400. The van der Waals surface area contributed by atoms with Gasteiger partial charge < -0.3 is 5.32 Å². The molecule has 0 saturated heterocycles. The molecule has 2 aromatic rings. The topological polar surface area (TPSA) is 12.0 Å². The van der Waals surface area contributed by atoms with Crippen molar-refractivity contribution < 1.29 is 0 Å². The molecule has 21 heavy (non-hydrogen) atoms. The van der Waals surface area contributed by atoms with E-state index in [0.717, 1.165) is 13.0 Å². The number of benzene rings is 2. The Labute approximate surface area is 128 Å². The van der Waals surface area contributed by atoms with Crippen molar-refractivity contribution in [2.24, 2.45) is 0 Å². The van der Waals surface area contributed by atoms with Crippen LogP contribution in [0.25, 0.3) is 0 Å². The molecule has 1 atom stereocenters. The highest BCUT2D eigenvalue weighted by molar-refractivity contribution is 5.36. The molecule has 0 spiro atoms. The van der Waals surface area contributed by atoms with E-state index in [-0.39, 0.29) is 0 Å². The van der Waals surface area contributed by atoms with Crippen LogP contribution in [0.2, 0.25) is 0 Å². The first-order valence-electron chi connectivity index (χ1n) is 8.13. The Bertz CT molecular complexity index is 615. The van der Waals surface area contributed by atoms with Gasteiger partial charge >= 0.3 is 0 Å². The predicted molar refractivity (Wildman–Crippen MR) is 89.8 cm³/mol. The lowest BCUT2D eigenvalue weighted by molar-refractivity contribution is 0.576. The number of nitrogens with one attached hydrogen (secondary N) is 1. The van der Waals surface area contributed by atoms with Crippen LogP contribution in [0.15, 0.2) is 42.5 Å². The quantitative estimate of drug-likeness (QED) is 0.856. The van der Waals surface area contributed by atoms with Crippen molar-refractivity contribution in [3.05, 3.63) is 70.3 Å². The minimum absolute atomic E-state index is 0.431. The number of aryl methyl sites for hydroxylation is 3. The second-order valence-electron chi connectivity index (χ2n) is 6.30. The number of hydrogen-bond acceptors (Lipinski definition) is 1. The summed E-state index contributed by atoms with van der Waals surface area (Å²) in [6, 6.07) is 16.3. The van der Waals surface area contributed by atoms with Gasteiger partial charge in [-0.15, -0.1) is 0 Å². The standard InChI is InChI=1S/C20H25N/c1-15-5-3-6-17(13-15)11-12-21-16(2)19-10-9-18-7-4-8-20(18)14-19/h3,5-6,9-10,13-14,16,21H,4,7-8,11-12H2,1-2H3. The maximum absolute atomic E-state index is 3.66. The van der Waals surface area contributed by atoms with Crippen molar-refractivity contribution >= 4 is 0 Å². The van der Waals surface area contributed by atoms with Gasteiger partial charge in [0.15, 0.2) is 0 Å². The second kappa shape index (κ2) is 6.44. The minimum atomic E-state index is 0.431. The molecule has 1 nitrogen and oxygen atoms in total. The van der Waals surface area contributed by atoms with Crippen LogP contribution in [0.4, 0.5) is 0 Å². The molecular weight excluding hydrogens is 254 g/mol. The molecule has 0 fully saturated rings. The average molecular weight is 279 g/mol. The minimum Gasteiger partial charge on any atom is -0.310 e. The highest BCUT2D eigenvalue weighted by atomic mass is 14.9. The summed E-state index contributed by atoms with van der Waals surface area (Å²) < 4.78 is 0. The van der Waals surface area contributed by atoms with Crippen LogP contribution in [-0.2, 0) is 19.3 Å². The zero-order chi connectivity index (χ0) is 14.7. The van der Waals surface area contributed by atoms with E-state index < -0.39 is 0 Å². The molecule has 0 aromatic heterocycles. The molecular formula is C20H25N. The molecule has 0 saturated carbocycles. The molecule has 0 radical (unpaired) electrons. The van der Waals surface area contributed by atoms with Crippen LogP contribution in [0, 0.1) is 6.92 Å². The van der Waals surface area contributed by atoms with Crippen molar-refractivity contribution in [1.82, 2.24) is 5.32 Å². The van der Waals surface area contributed by atoms with Crippen molar-refractivity contribution in [3.63, 3.8) is 0 Å². The molecule has 0 bridgehead atoms. The Kier molecular flexibility index (Phi) is 4.40. The van der Waals surface area contributed by atoms with E-state index >= 15 is 0 Å². The van der Waals surface area contributed by atoms with Crippen molar-refractivity contribution in [3.8, 4) is 0 Å². The normalized spacial score (nSPS) is 15.0. The van der Waals surface area contributed by atoms with Crippen molar-refractivity contribution in [2.75, 3.05) is 6.54 Å². The third-order valence-electron chi connectivity index (χ3n) is 4.57. The van der Waals surface area contributed by atoms with Crippen LogP contribution in [-0.4, -0.2) is 6.54 Å². The summed E-state index contributed by atoms with van der Waals surface area (Å²) in [5.41, 5.74) is 7.33. The summed E-state index contributed by atoms with van der Waals surface area (Å²) in [5.74, 6) is 0. The van der Waals surface area contributed by atoms with Gasteiger partial charge in [-0.05, 0) is 68.3 Å². The molecule has 1 unspecified atom stereocenters. The monoisotopic (exact) mass is 279 g/mol. The summed E-state index contributed by atoms with van der Waals surface area (Å²) >= 11 is 0. The highest BCUT2D eigenvalue weighted by Gasteiger charge is 2.13. The number of rotatable bonds is 5. The van der Waals surface area contributed by atoms with Gasteiger partial charge in [-0.25, -0.2) is 0 Å². The molecule has 3 rings (SSSR count). The predicted octanol–water partition coefficient (Wildman–Crippen LogP) is 4.38. The van der Waals surface area contributed by atoms with E-state index in [2.05, 4.69) is 61.6 Å². The first kappa shape index (κ1) is 14.3. The largest absolute Gasteiger partial charge is 0.310 e. The summed E-state index contributed by atoms with van der Waals surface area (Å²) in [5, 5.41) is 3.66. The Morgan fingerprint density at radius 1 is 1.05 bits per heavy atom. The molecule has 1 aliphatic rings. The zero-order valence-corrected chi connectivity index (χ0v) is 13.2. The molecule has 0 heterocycles. The van der Waals surface area contributed by atoms with Crippen molar-refractivity contribution in [2.45, 2.75) is 45.6 Å². The van der Waals surface area contributed by atoms with Gasteiger partial charge in [-0.2, -0.15) is 0 Å². The Morgan fingerprint density at radius 3 is 2.76 bits per heavy atom. The maximum atomic E-state index is 3.66. The summed E-state index contributed by atoms with van der Waals surface area (Å²) in [6.07, 6.45) is 4.95. The number of hydrogen-bond donors (Lipinski definition) is 1. The van der Waals surface area contributed by atoms with Crippen molar-refractivity contribution in [1.29, 1.82) is 0 Å². The van der Waals surface area contributed by atoms with E-state index in [0.29, 0.717) is 6.04 Å².